The summed E-state index contributed by atoms with van der Waals surface area (Å²) in [6.07, 6.45) is 9.13. The van der Waals surface area contributed by atoms with Gasteiger partial charge in [0.2, 0.25) is 0 Å². The number of carbonyl (C=O) groups is 1. The zero-order valence-corrected chi connectivity index (χ0v) is 18.8. The second-order valence-electron chi connectivity index (χ2n) is 8.43. The standard InChI is InChI=1S/C24H24FIN2O/c1-14-7-15(2)9-16(8-14)19-5-6-27-12-17(19)10-23(29)20-3-4-22(25)21-11-18(26)13-28-24(20)21/h3-6,11-16H,7-10H2,1-2H3/t14-,15+,16?. The summed E-state index contributed by atoms with van der Waals surface area (Å²) in [6.45, 7) is 4.62. The zero-order chi connectivity index (χ0) is 20.5. The molecule has 0 N–H and O–H groups in total. The van der Waals surface area contributed by atoms with Crippen LogP contribution in [0.25, 0.3) is 10.9 Å². The van der Waals surface area contributed by atoms with E-state index < -0.39 is 0 Å². The number of pyridine rings is 2. The maximum atomic E-state index is 14.3. The third-order valence-corrected chi connectivity index (χ3v) is 6.56. The van der Waals surface area contributed by atoms with Gasteiger partial charge in [0.05, 0.1) is 5.52 Å². The first kappa shape index (κ1) is 20.4. The van der Waals surface area contributed by atoms with Crippen LogP contribution in [0.1, 0.15) is 60.5 Å². The molecule has 3 aromatic rings. The van der Waals surface area contributed by atoms with E-state index in [4.69, 9.17) is 0 Å². The maximum Gasteiger partial charge on any atom is 0.169 e. The van der Waals surface area contributed by atoms with Crippen molar-refractivity contribution in [3.8, 4) is 0 Å². The van der Waals surface area contributed by atoms with Gasteiger partial charge in [0.1, 0.15) is 5.82 Å². The molecule has 2 aromatic heterocycles. The Morgan fingerprint density at radius 1 is 1.14 bits per heavy atom. The van der Waals surface area contributed by atoms with Crippen molar-refractivity contribution in [2.45, 2.75) is 45.4 Å². The van der Waals surface area contributed by atoms with E-state index in [1.165, 1.54) is 18.1 Å². The SMILES string of the molecule is C[C@@H]1CC(c2ccncc2CC(=O)c2ccc(F)c3cc(I)cnc23)C[C@H](C)C1. The molecule has 0 radical (unpaired) electrons. The third kappa shape index (κ3) is 4.34. The molecular weight excluding hydrogens is 478 g/mol. The van der Waals surface area contributed by atoms with Gasteiger partial charge in [-0.25, -0.2) is 4.39 Å². The Bertz CT molecular complexity index is 1060. The molecule has 3 atom stereocenters. The fraction of sp³-hybridized carbons (Fsp3) is 0.375. The average molecular weight is 502 g/mol. The summed E-state index contributed by atoms with van der Waals surface area (Å²) in [5, 5.41) is 0.393. The number of aromatic nitrogens is 2. The van der Waals surface area contributed by atoms with Crippen molar-refractivity contribution in [3.63, 3.8) is 0 Å². The van der Waals surface area contributed by atoms with Gasteiger partial charge in [-0.3, -0.25) is 14.8 Å². The molecule has 0 saturated heterocycles. The highest BCUT2D eigenvalue weighted by Gasteiger charge is 2.27. The van der Waals surface area contributed by atoms with Crippen LogP contribution in [-0.2, 0) is 6.42 Å². The smallest absolute Gasteiger partial charge is 0.169 e. The van der Waals surface area contributed by atoms with Gasteiger partial charge in [-0.05, 0) is 95.0 Å². The molecule has 2 heterocycles. The van der Waals surface area contributed by atoms with Crippen molar-refractivity contribution >= 4 is 39.3 Å². The fourth-order valence-electron chi connectivity index (χ4n) is 4.84. The van der Waals surface area contributed by atoms with Gasteiger partial charge in [-0.1, -0.05) is 13.8 Å². The van der Waals surface area contributed by atoms with E-state index in [1.807, 2.05) is 12.4 Å². The van der Waals surface area contributed by atoms with Crippen LogP contribution in [0.3, 0.4) is 0 Å². The molecule has 0 bridgehead atoms. The molecule has 4 rings (SSSR count). The maximum absolute atomic E-state index is 14.3. The summed E-state index contributed by atoms with van der Waals surface area (Å²) in [5.74, 6) is 1.44. The Kier molecular flexibility index (Phi) is 5.95. The number of rotatable bonds is 4. The molecule has 5 heteroatoms. The molecule has 0 aliphatic heterocycles. The number of halogens is 2. The second kappa shape index (κ2) is 8.46. The molecule has 29 heavy (non-hydrogen) atoms. The van der Waals surface area contributed by atoms with E-state index in [0.29, 0.717) is 34.2 Å². The van der Waals surface area contributed by atoms with Crippen LogP contribution >= 0.6 is 22.6 Å². The number of Topliss-reactive ketones (excluding diaryl/α,β-unsaturated/α-hetero) is 1. The Morgan fingerprint density at radius 2 is 1.90 bits per heavy atom. The van der Waals surface area contributed by atoms with E-state index >= 15 is 0 Å². The van der Waals surface area contributed by atoms with Crippen molar-refractivity contribution < 1.29 is 9.18 Å². The minimum Gasteiger partial charge on any atom is -0.294 e. The fourth-order valence-corrected chi connectivity index (χ4v) is 5.29. The normalized spacial score (nSPS) is 22.0. The number of carbonyl (C=O) groups excluding carboxylic acids is 1. The number of nitrogens with zero attached hydrogens (tertiary/aromatic N) is 2. The number of hydrogen-bond acceptors (Lipinski definition) is 3. The van der Waals surface area contributed by atoms with Crippen LogP contribution in [0.5, 0.6) is 0 Å². The first-order chi connectivity index (χ1) is 13.9. The van der Waals surface area contributed by atoms with Crippen LogP contribution < -0.4 is 0 Å². The van der Waals surface area contributed by atoms with Gasteiger partial charge < -0.3 is 0 Å². The van der Waals surface area contributed by atoms with Gasteiger partial charge in [0, 0.05) is 39.5 Å². The first-order valence-corrected chi connectivity index (χ1v) is 11.2. The molecule has 1 aliphatic rings. The topological polar surface area (TPSA) is 42.9 Å². The second-order valence-corrected chi connectivity index (χ2v) is 9.68. The molecule has 1 aromatic carbocycles. The van der Waals surface area contributed by atoms with Crippen molar-refractivity contribution in [3.05, 3.63) is 68.9 Å². The lowest BCUT2D eigenvalue weighted by molar-refractivity contribution is 0.0993. The molecule has 0 amide bonds. The Hall–Kier alpha value is -1.89. The summed E-state index contributed by atoms with van der Waals surface area (Å²) in [5.41, 5.74) is 3.12. The van der Waals surface area contributed by atoms with Crippen molar-refractivity contribution in [2.24, 2.45) is 11.8 Å². The van der Waals surface area contributed by atoms with E-state index in [1.54, 1.807) is 18.3 Å². The highest BCUT2D eigenvalue weighted by molar-refractivity contribution is 14.1. The van der Waals surface area contributed by atoms with Gasteiger partial charge in [0.25, 0.3) is 0 Å². The number of benzene rings is 1. The quantitative estimate of drug-likeness (QED) is 0.309. The summed E-state index contributed by atoms with van der Waals surface area (Å²) in [4.78, 5) is 21.8. The largest absolute Gasteiger partial charge is 0.294 e. The van der Waals surface area contributed by atoms with Crippen LogP contribution in [0.2, 0.25) is 0 Å². The number of hydrogen-bond donors (Lipinski definition) is 0. The lowest BCUT2D eigenvalue weighted by Gasteiger charge is -2.32. The van der Waals surface area contributed by atoms with Crippen LogP contribution in [-0.4, -0.2) is 15.8 Å². The van der Waals surface area contributed by atoms with Gasteiger partial charge in [0.15, 0.2) is 5.78 Å². The minimum atomic E-state index is -0.352. The Labute approximate surface area is 184 Å². The number of fused-ring (bicyclic) bond motifs is 1. The predicted octanol–water partition coefficient (Wildman–Crippen LogP) is 6.34. The minimum absolute atomic E-state index is 0.0464. The zero-order valence-electron chi connectivity index (χ0n) is 16.7. The summed E-state index contributed by atoms with van der Waals surface area (Å²) in [6, 6.07) is 6.72. The van der Waals surface area contributed by atoms with Crippen molar-refractivity contribution in [1.82, 2.24) is 9.97 Å². The third-order valence-electron chi connectivity index (χ3n) is 5.97. The van der Waals surface area contributed by atoms with E-state index in [9.17, 15) is 9.18 Å². The molecule has 1 aliphatic carbocycles. The van der Waals surface area contributed by atoms with E-state index in [2.05, 4.69) is 52.5 Å². The monoisotopic (exact) mass is 502 g/mol. The highest BCUT2D eigenvalue weighted by Crippen LogP contribution is 2.40. The number of ketones is 1. The molecule has 150 valence electrons. The molecule has 1 unspecified atom stereocenters. The van der Waals surface area contributed by atoms with E-state index in [-0.39, 0.29) is 18.0 Å². The summed E-state index contributed by atoms with van der Waals surface area (Å²) < 4.78 is 15.1. The van der Waals surface area contributed by atoms with Crippen LogP contribution in [0.15, 0.2) is 42.9 Å². The molecule has 1 fully saturated rings. The predicted molar refractivity (Wildman–Crippen MR) is 122 cm³/mol. The average Bonchev–Trinajstić information content (AvgIpc) is 2.68. The van der Waals surface area contributed by atoms with Crippen molar-refractivity contribution in [1.29, 1.82) is 0 Å². The first-order valence-electron chi connectivity index (χ1n) is 10.1. The lowest BCUT2D eigenvalue weighted by Crippen LogP contribution is -2.20. The van der Waals surface area contributed by atoms with Gasteiger partial charge in [-0.2, -0.15) is 0 Å². The van der Waals surface area contributed by atoms with Gasteiger partial charge in [-0.15, -0.1) is 0 Å². The van der Waals surface area contributed by atoms with Crippen LogP contribution in [0, 0.1) is 21.2 Å². The molecule has 1 saturated carbocycles. The molecular formula is C24H24FIN2O. The van der Waals surface area contributed by atoms with Crippen molar-refractivity contribution in [2.75, 3.05) is 0 Å². The lowest BCUT2D eigenvalue weighted by atomic mass is 9.73. The van der Waals surface area contributed by atoms with Gasteiger partial charge >= 0.3 is 0 Å². The molecule has 0 spiro atoms. The summed E-state index contributed by atoms with van der Waals surface area (Å²) >= 11 is 2.10. The van der Waals surface area contributed by atoms with Crippen LogP contribution in [0.4, 0.5) is 4.39 Å². The van der Waals surface area contributed by atoms with E-state index in [0.717, 1.165) is 22.0 Å². The summed E-state index contributed by atoms with van der Waals surface area (Å²) in [7, 11) is 0. The Morgan fingerprint density at radius 3 is 2.66 bits per heavy atom. The highest BCUT2D eigenvalue weighted by atomic mass is 127. The Balaban J connectivity index is 1.67. The molecule has 3 nitrogen and oxygen atoms in total.